The molecule has 4 heteroatoms. The predicted molar refractivity (Wildman–Crippen MR) is 77.9 cm³/mol. The molecule has 3 nitrogen and oxygen atoms in total. The second-order valence-electron chi connectivity index (χ2n) is 5.07. The standard InChI is InChI=1S/C14H21BrN2O/c1-11(13-10-12(15)4-5-14(13)18)17-7-3-6-16(2)8-9-17/h4-5,10-11,18H,3,6-9H2,1-2H3. The second kappa shape index (κ2) is 6.04. The number of rotatable bonds is 2. The molecule has 1 aromatic rings. The van der Waals surface area contributed by atoms with Gasteiger partial charge in [0.15, 0.2) is 0 Å². The molecule has 1 heterocycles. The van der Waals surface area contributed by atoms with Crippen LogP contribution in [0.4, 0.5) is 0 Å². The Bertz CT molecular complexity index is 411. The maximum absolute atomic E-state index is 10.0. The average Bonchev–Trinajstić information content (AvgIpc) is 2.56. The molecule has 18 heavy (non-hydrogen) atoms. The molecule has 100 valence electrons. The minimum Gasteiger partial charge on any atom is -0.508 e. The van der Waals surface area contributed by atoms with E-state index >= 15 is 0 Å². The average molecular weight is 313 g/mol. The van der Waals surface area contributed by atoms with Crippen molar-refractivity contribution in [2.45, 2.75) is 19.4 Å². The number of aromatic hydroxyl groups is 1. The van der Waals surface area contributed by atoms with E-state index in [1.54, 1.807) is 6.07 Å². The monoisotopic (exact) mass is 312 g/mol. The molecule has 0 spiro atoms. The first-order valence-corrected chi connectivity index (χ1v) is 7.28. The van der Waals surface area contributed by atoms with Gasteiger partial charge in [0, 0.05) is 35.7 Å². The molecule has 2 rings (SSSR count). The third-order valence-corrected chi connectivity index (χ3v) is 4.23. The van der Waals surface area contributed by atoms with Gasteiger partial charge in [0.25, 0.3) is 0 Å². The molecule has 1 aliphatic rings. The third kappa shape index (κ3) is 3.25. The summed E-state index contributed by atoms with van der Waals surface area (Å²) in [7, 11) is 2.17. The van der Waals surface area contributed by atoms with Gasteiger partial charge in [-0.3, -0.25) is 4.90 Å². The van der Waals surface area contributed by atoms with Crippen molar-refractivity contribution in [2.24, 2.45) is 0 Å². The highest BCUT2D eigenvalue weighted by molar-refractivity contribution is 9.10. The Labute approximate surface area is 118 Å². The first kappa shape index (κ1) is 13.8. The molecule has 1 saturated heterocycles. The van der Waals surface area contributed by atoms with E-state index in [1.807, 2.05) is 12.1 Å². The zero-order valence-corrected chi connectivity index (χ0v) is 12.7. The lowest BCUT2D eigenvalue weighted by Gasteiger charge is -2.28. The lowest BCUT2D eigenvalue weighted by atomic mass is 10.1. The third-order valence-electron chi connectivity index (χ3n) is 3.74. The number of likely N-dealkylation sites (N-methyl/N-ethyl adjacent to an activating group) is 1. The molecule has 0 bridgehead atoms. The van der Waals surface area contributed by atoms with Gasteiger partial charge in [-0.05, 0) is 45.1 Å². The topological polar surface area (TPSA) is 26.7 Å². The summed E-state index contributed by atoms with van der Waals surface area (Å²) in [5, 5.41) is 10.0. The van der Waals surface area contributed by atoms with E-state index < -0.39 is 0 Å². The summed E-state index contributed by atoms with van der Waals surface area (Å²) in [4.78, 5) is 4.82. The van der Waals surface area contributed by atoms with Gasteiger partial charge < -0.3 is 10.0 Å². The van der Waals surface area contributed by atoms with Crippen LogP contribution in [-0.4, -0.2) is 48.1 Å². The van der Waals surface area contributed by atoms with Crippen LogP contribution in [0.2, 0.25) is 0 Å². The van der Waals surface area contributed by atoms with Crippen molar-refractivity contribution in [3.8, 4) is 5.75 Å². The van der Waals surface area contributed by atoms with Gasteiger partial charge in [-0.2, -0.15) is 0 Å². The van der Waals surface area contributed by atoms with Crippen LogP contribution in [0.25, 0.3) is 0 Å². The van der Waals surface area contributed by atoms with Crippen molar-refractivity contribution in [3.05, 3.63) is 28.2 Å². The van der Waals surface area contributed by atoms with E-state index in [-0.39, 0.29) is 6.04 Å². The fourth-order valence-electron chi connectivity index (χ4n) is 2.51. The van der Waals surface area contributed by atoms with Crippen LogP contribution in [0.1, 0.15) is 24.9 Å². The van der Waals surface area contributed by atoms with Crippen LogP contribution in [-0.2, 0) is 0 Å². The molecule has 1 fully saturated rings. The Morgan fingerprint density at radius 2 is 2.00 bits per heavy atom. The number of phenolic OH excluding ortho intramolecular Hbond substituents is 1. The molecule has 1 aliphatic heterocycles. The minimum absolute atomic E-state index is 0.258. The number of benzene rings is 1. The lowest BCUT2D eigenvalue weighted by Crippen LogP contribution is -2.31. The predicted octanol–water partition coefficient (Wildman–Crippen LogP) is 2.85. The number of hydrogen-bond donors (Lipinski definition) is 1. The number of hydrogen-bond acceptors (Lipinski definition) is 3. The summed E-state index contributed by atoms with van der Waals surface area (Å²) in [5.74, 6) is 0.392. The largest absolute Gasteiger partial charge is 0.508 e. The number of halogens is 1. The first-order valence-electron chi connectivity index (χ1n) is 6.49. The molecule has 0 amide bonds. The summed E-state index contributed by atoms with van der Waals surface area (Å²) < 4.78 is 1.02. The van der Waals surface area contributed by atoms with Crippen molar-refractivity contribution >= 4 is 15.9 Å². The van der Waals surface area contributed by atoms with Crippen molar-refractivity contribution in [3.63, 3.8) is 0 Å². The summed E-state index contributed by atoms with van der Waals surface area (Å²) >= 11 is 3.48. The van der Waals surface area contributed by atoms with Gasteiger partial charge >= 0.3 is 0 Å². The zero-order valence-electron chi connectivity index (χ0n) is 11.1. The van der Waals surface area contributed by atoms with Crippen LogP contribution in [0.3, 0.4) is 0 Å². The van der Waals surface area contributed by atoms with Crippen molar-refractivity contribution < 1.29 is 5.11 Å². The zero-order chi connectivity index (χ0) is 13.1. The number of nitrogens with zero attached hydrogens (tertiary/aromatic N) is 2. The van der Waals surface area contributed by atoms with Gasteiger partial charge in [0.05, 0.1) is 0 Å². The maximum atomic E-state index is 10.0. The smallest absolute Gasteiger partial charge is 0.120 e. The van der Waals surface area contributed by atoms with E-state index in [0.29, 0.717) is 5.75 Å². The van der Waals surface area contributed by atoms with Crippen molar-refractivity contribution in [2.75, 3.05) is 33.2 Å². The Hall–Kier alpha value is -0.580. The molecular weight excluding hydrogens is 292 g/mol. The van der Waals surface area contributed by atoms with Crippen molar-refractivity contribution in [1.29, 1.82) is 0 Å². The molecule has 1 aromatic carbocycles. The Morgan fingerprint density at radius 1 is 1.22 bits per heavy atom. The Kier molecular flexibility index (Phi) is 4.65. The molecule has 0 radical (unpaired) electrons. The van der Waals surface area contributed by atoms with E-state index in [1.165, 1.54) is 6.42 Å². The molecule has 0 saturated carbocycles. The van der Waals surface area contributed by atoms with Gasteiger partial charge in [-0.25, -0.2) is 0 Å². The van der Waals surface area contributed by atoms with Crippen LogP contribution in [0, 0.1) is 0 Å². The Balaban J connectivity index is 2.14. The van der Waals surface area contributed by atoms with Crippen LogP contribution in [0.15, 0.2) is 22.7 Å². The molecule has 1 unspecified atom stereocenters. The molecular formula is C14H21BrN2O. The maximum Gasteiger partial charge on any atom is 0.120 e. The van der Waals surface area contributed by atoms with Crippen LogP contribution in [0.5, 0.6) is 5.75 Å². The van der Waals surface area contributed by atoms with Gasteiger partial charge in [0.1, 0.15) is 5.75 Å². The van der Waals surface area contributed by atoms with Gasteiger partial charge in [-0.1, -0.05) is 15.9 Å². The molecule has 1 atom stereocenters. The van der Waals surface area contributed by atoms with E-state index in [0.717, 1.165) is 36.2 Å². The normalized spacial score (nSPS) is 20.6. The van der Waals surface area contributed by atoms with Crippen LogP contribution < -0.4 is 0 Å². The fourth-order valence-corrected chi connectivity index (χ4v) is 2.89. The van der Waals surface area contributed by atoms with Crippen LogP contribution >= 0.6 is 15.9 Å². The summed E-state index contributed by atoms with van der Waals surface area (Å²) in [6.45, 7) is 6.58. The van der Waals surface area contributed by atoms with E-state index in [9.17, 15) is 5.11 Å². The summed E-state index contributed by atoms with van der Waals surface area (Å²) in [6, 6.07) is 5.92. The van der Waals surface area contributed by atoms with Crippen molar-refractivity contribution in [1.82, 2.24) is 9.80 Å². The minimum atomic E-state index is 0.258. The molecule has 1 N–H and O–H groups in total. The van der Waals surface area contributed by atoms with Gasteiger partial charge in [0.2, 0.25) is 0 Å². The highest BCUT2D eigenvalue weighted by Gasteiger charge is 2.21. The fraction of sp³-hybridized carbons (Fsp3) is 0.571. The van der Waals surface area contributed by atoms with E-state index in [2.05, 4.69) is 39.7 Å². The highest BCUT2D eigenvalue weighted by Crippen LogP contribution is 2.31. The summed E-state index contributed by atoms with van der Waals surface area (Å²) in [6.07, 6.45) is 1.19. The summed E-state index contributed by atoms with van der Waals surface area (Å²) in [5.41, 5.74) is 1.01. The molecule has 0 aliphatic carbocycles. The Morgan fingerprint density at radius 3 is 2.78 bits per heavy atom. The lowest BCUT2D eigenvalue weighted by molar-refractivity contribution is 0.213. The second-order valence-corrected chi connectivity index (χ2v) is 5.99. The quantitative estimate of drug-likeness (QED) is 0.909. The number of phenols is 1. The first-order chi connectivity index (χ1) is 8.58. The highest BCUT2D eigenvalue weighted by atomic mass is 79.9. The van der Waals surface area contributed by atoms with E-state index in [4.69, 9.17) is 0 Å². The molecule has 0 aromatic heterocycles. The SMILES string of the molecule is CC(c1cc(Br)ccc1O)N1CCCN(C)CC1. The van der Waals surface area contributed by atoms with Gasteiger partial charge in [-0.15, -0.1) is 0 Å².